The lowest BCUT2D eigenvalue weighted by atomic mass is 9.51. The third-order valence-corrected chi connectivity index (χ3v) is 9.06. The van der Waals surface area contributed by atoms with E-state index >= 15 is 0 Å². The van der Waals surface area contributed by atoms with Crippen LogP contribution in [0.5, 0.6) is 17.2 Å². The second kappa shape index (κ2) is 8.53. The van der Waals surface area contributed by atoms with Crippen LogP contribution in [0.15, 0.2) is 30.3 Å². The van der Waals surface area contributed by atoms with E-state index < -0.39 is 5.97 Å². The van der Waals surface area contributed by atoms with Crippen molar-refractivity contribution in [2.24, 2.45) is 5.92 Å². The van der Waals surface area contributed by atoms with Gasteiger partial charge in [0.05, 0.1) is 6.04 Å². The second-order valence-electron chi connectivity index (χ2n) is 11.0. The van der Waals surface area contributed by atoms with Gasteiger partial charge in [0.25, 0.3) is 5.91 Å². The Morgan fingerprint density at radius 3 is 2.84 bits per heavy atom. The molecule has 2 aliphatic carbocycles. The summed E-state index contributed by atoms with van der Waals surface area (Å²) in [6.45, 7) is 4.25. The second-order valence-corrected chi connectivity index (χ2v) is 11.0. The van der Waals surface area contributed by atoms with E-state index in [-0.39, 0.29) is 41.0 Å². The summed E-state index contributed by atoms with van der Waals surface area (Å²) >= 11 is 0. The first-order valence-corrected chi connectivity index (χ1v) is 13.0. The van der Waals surface area contributed by atoms with Crippen molar-refractivity contribution < 1.29 is 24.2 Å². The Hall–Kier alpha value is -3.50. The molecular weight excluding hydrogens is 468 g/mol. The number of hydrogen-bond acceptors (Lipinski definition) is 6. The molecule has 1 N–H and O–H groups in total. The Balaban J connectivity index is 1.41. The van der Waals surface area contributed by atoms with Crippen molar-refractivity contribution in [3.05, 3.63) is 52.6 Å². The lowest BCUT2D eigenvalue weighted by Gasteiger charge is -2.59. The maximum Gasteiger partial charge on any atom is 0.308 e. The normalized spacial score (nSPS) is 28.9. The summed E-state index contributed by atoms with van der Waals surface area (Å²) < 4.78 is 12.2. The van der Waals surface area contributed by atoms with Crippen molar-refractivity contribution in [3.8, 4) is 29.1 Å². The minimum atomic E-state index is -0.463. The van der Waals surface area contributed by atoms with Gasteiger partial charge in [0.2, 0.25) is 0 Å². The number of hydrogen-bond donors (Lipinski definition) is 1. The van der Waals surface area contributed by atoms with Crippen molar-refractivity contribution in [2.45, 2.75) is 63.1 Å². The molecule has 0 unspecified atom stereocenters. The van der Waals surface area contributed by atoms with Crippen molar-refractivity contribution >= 4 is 11.9 Å². The van der Waals surface area contributed by atoms with Crippen LogP contribution in [0.25, 0.3) is 0 Å². The number of aromatic hydroxyl groups is 1. The molecule has 1 saturated heterocycles. The standard InChI is InChI=1S/C30H32N2O5/c1-17-6-5-7-19(14-17)8-11-26(35)32(4)22-10-9-21-23-15-20-24(34)16-25(36-18(2)33)28-27(20)30(21,29(22)37-28)12-13-31(23)3/h5-7,14,16,21-23,29,34H,9-10,12-13,15H2,1-4H3/t21-,22+,23+,29-,30-/m0/s1. The first-order chi connectivity index (χ1) is 17.7. The van der Waals surface area contributed by atoms with Crippen molar-refractivity contribution in [3.63, 3.8) is 0 Å². The zero-order valence-corrected chi connectivity index (χ0v) is 21.7. The highest BCUT2D eigenvalue weighted by Crippen LogP contribution is 2.65. The predicted molar refractivity (Wildman–Crippen MR) is 138 cm³/mol. The molecule has 7 heteroatoms. The number of carbonyl (C=O) groups excluding carboxylic acids is 2. The Kier molecular flexibility index (Phi) is 5.50. The number of likely N-dealkylation sites (tertiary alicyclic amines) is 1. The molecule has 192 valence electrons. The third kappa shape index (κ3) is 3.53. The smallest absolute Gasteiger partial charge is 0.308 e. The van der Waals surface area contributed by atoms with E-state index in [9.17, 15) is 14.7 Å². The number of piperidine rings is 1. The molecule has 2 aromatic rings. The maximum absolute atomic E-state index is 13.3. The largest absolute Gasteiger partial charge is 0.508 e. The number of benzene rings is 2. The van der Waals surface area contributed by atoms with Crippen LogP contribution in [0.2, 0.25) is 0 Å². The summed E-state index contributed by atoms with van der Waals surface area (Å²) in [5, 5.41) is 11.0. The molecule has 37 heavy (non-hydrogen) atoms. The van der Waals surface area contributed by atoms with Gasteiger partial charge in [-0.15, -0.1) is 0 Å². The van der Waals surface area contributed by atoms with Gasteiger partial charge >= 0.3 is 5.97 Å². The van der Waals surface area contributed by atoms with Gasteiger partial charge in [0.15, 0.2) is 11.5 Å². The molecule has 5 atom stereocenters. The Morgan fingerprint density at radius 1 is 1.27 bits per heavy atom. The number of amides is 1. The highest BCUT2D eigenvalue weighted by atomic mass is 16.6. The average molecular weight is 501 g/mol. The highest BCUT2D eigenvalue weighted by Gasteiger charge is 2.66. The molecule has 0 radical (unpaired) electrons. The van der Waals surface area contributed by atoms with E-state index in [1.54, 1.807) is 4.90 Å². The number of esters is 1. The number of ether oxygens (including phenoxy) is 2. The first kappa shape index (κ1) is 23.9. The van der Waals surface area contributed by atoms with Crippen molar-refractivity contribution in [1.82, 2.24) is 9.80 Å². The van der Waals surface area contributed by atoms with Crippen LogP contribution in [0.1, 0.15) is 48.4 Å². The molecule has 2 fully saturated rings. The van der Waals surface area contributed by atoms with Crippen LogP contribution < -0.4 is 9.47 Å². The zero-order valence-electron chi connectivity index (χ0n) is 21.7. The van der Waals surface area contributed by atoms with Crippen LogP contribution in [-0.4, -0.2) is 65.6 Å². The summed E-state index contributed by atoms with van der Waals surface area (Å²) in [5.74, 6) is 6.43. The monoisotopic (exact) mass is 500 g/mol. The minimum absolute atomic E-state index is 0.146. The third-order valence-electron chi connectivity index (χ3n) is 9.06. The summed E-state index contributed by atoms with van der Waals surface area (Å²) in [7, 11) is 3.96. The fourth-order valence-corrected chi connectivity index (χ4v) is 7.48. The van der Waals surface area contributed by atoms with E-state index in [2.05, 4.69) is 23.8 Å². The lowest BCUT2D eigenvalue weighted by molar-refractivity contribution is -0.133. The van der Waals surface area contributed by atoms with Gasteiger partial charge in [-0.25, -0.2) is 0 Å². The Labute approximate surface area is 217 Å². The number of phenolic OH excluding ortho intramolecular Hbond substituents is 1. The van der Waals surface area contributed by atoms with Crippen LogP contribution in [0.4, 0.5) is 0 Å². The molecule has 1 saturated carbocycles. The predicted octanol–water partition coefficient (Wildman–Crippen LogP) is 3.17. The fraction of sp³-hybridized carbons (Fsp3) is 0.467. The summed E-state index contributed by atoms with van der Waals surface area (Å²) in [6, 6.07) is 9.41. The topological polar surface area (TPSA) is 79.3 Å². The van der Waals surface area contributed by atoms with Crippen LogP contribution in [0, 0.1) is 24.7 Å². The Morgan fingerprint density at radius 2 is 2.08 bits per heavy atom. The molecule has 1 amide bonds. The number of phenols is 1. The molecule has 1 spiro atoms. The van der Waals surface area contributed by atoms with E-state index in [0.717, 1.165) is 54.5 Å². The molecule has 7 nitrogen and oxygen atoms in total. The number of carbonyl (C=O) groups is 2. The number of rotatable bonds is 2. The molecule has 2 heterocycles. The molecule has 2 aromatic carbocycles. The van der Waals surface area contributed by atoms with E-state index in [1.165, 1.54) is 13.0 Å². The summed E-state index contributed by atoms with van der Waals surface area (Å²) in [6.07, 6.45) is 3.02. The number of likely N-dealkylation sites (N-methyl/N-ethyl adjacent to an activating group) is 2. The van der Waals surface area contributed by atoms with Gasteiger partial charge in [0, 0.05) is 54.1 Å². The average Bonchev–Trinajstić information content (AvgIpc) is 3.20. The van der Waals surface area contributed by atoms with E-state index in [1.807, 2.05) is 38.2 Å². The fourth-order valence-electron chi connectivity index (χ4n) is 7.48. The summed E-state index contributed by atoms with van der Waals surface area (Å²) in [5.41, 5.74) is 3.42. The highest BCUT2D eigenvalue weighted by molar-refractivity contribution is 5.94. The molecule has 2 bridgehead atoms. The lowest BCUT2D eigenvalue weighted by Crippen LogP contribution is -2.68. The van der Waals surface area contributed by atoms with Crippen LogP contribution in [-0.2, 0) is 21.4 Å². The van der Waals surface area contributed by atoms with Gasteiger partial charge < -0.3 is 24.4 Å². The van der Waals surface area contributed by atoms with E-state index in [0.29, 0.717) is 11.7 Å². The van der Waals surface area contributed by atoms with Crippen molar-refractivity contribution in [2.75, 3.05) is 20.6 Å². The number of nitrogens with zero attached hydrogens (tertiary/aromatic N) is 2. The van der Waals surface area contributed by atoms with E-state index in [4.69, 9.17) is 9.47 Å². The van der Waals surface area contributed by atoms with Gasteiger partial charge in [-0.1, -0.05) is 18.1 Å². The van der Waals surface area contributed by atoms with Crippen molar-refractivity contribution in [1.29, 1.82) is 0 Å². The van der Waals surface area contributed by atoms with Gasteiger partial charge in [-0.3, -0.25) is 9.59 Å². The quantitative estimate of drug-likeness (QED) is 0.388. The number of aryl methyl sites for hydroxylation is 1. The zero-order chi connectivity index (χ0) is 26.1. The van der Waals surface area contributed by atoms with Gasteiger partial charge in [0.1, 0.15) is 11.9 Å². The SMILES string of the molecule is CC(=O)Oc1cc(O)c2c3c1O[C@H]1[C@H](N(C)C(=O)C#Cc4cccc(C)c4)CC[C@H]4[C@@H](C2)N(C)CC[C@@]341. The summed E-state index contributed by atoms with van der Waals surface area (Å²) in [4.78, 5) is 29.3. The molecule has 0 aromatic heterocycles. The molecule has 2 aliphatic heterocycles. The Bertz CT molecular complexity index is 1370. The minimum Gasteiger partial charge on any atom is -0.508 e. The maximum atomic E-state index is 13.3. The van der Waals surface area contributed by atoms with Crippen LogP contribution >= 0.6 is 0 Å². The molecule has 4 aliphatic rings. The molecule has 6 rings (SSSR count). The van der Waals surface area contributed by atoms with Crippen LogP contribution in [0.3, 0.4) is 0 Å². The molecular formula is C30H32N2O5. The van der Waals surface area contributed by atoms with Gasteiger partial charge in [-0.05, 0) is 69.8 Å². The first-order valence-electron chi connectivity index (χ1n) is 13.0. The van der Waals surface area contributed by atoms with Gasteiger partial charge in [-0.2, -0.15) is 0 Å².